The normalized spacial score (nSPS) is 11.9. The average Bonchev–Trinajstić information content (AvgIpc) is 3.09. The van der Waals surface area contributed by atoms with Gasteiger partial charge in [0, 0.05) is 12.3 Å². The number of rotatable bonds is 7. The second kappa shape index (κ2) is 8.73. The van der Waals surface area contributed by atoms with Crippen LogP contribution in [0.15, 0.2) is 58.2 Å². The summed E-state index contributed by atoms with van der Waals surface area (Å²) >= 11 is 1.40. The maximum absolute atomic E-state index is 12.5. The maximum Gasteiger partial charge on any atom is 0.339 e. The highest BCUT2D eigenvalue weighted by atomic mass is 32.2. The van der Waals surface area contributed by atoms with E-state index >= 15 is 0 Å². The number of fused-ring (bicyclic) bond motifs is 1. The summed E-state index contributed by atoms with van der Waals surface area (Å²) in [6, 6.07) is 14.7. The number of nitrogens with zero attached hydrogens (tertiary/aromatic N) is 1. The molecule has 0 aliphatic carbocycles. The lowest BCUT2D eigenvalue weighted by atomic mass is 10.1. The van der Waals surface area contributed by atoms with Crippen molar-refractivity contribution in [1.29, 1.82) is 0 Å². The summed E-state index contributed by atoms with van der Waals surface area (Å²) < 4.78 is 11.0. The second-order valence-corrected chi connectivity index (χ2v) is 6.76. The van der Waals surface area contributed by atoms with E-state index < -0.39 is 12.1 Å². The highest BCUT2D eigenvalue weighted by molar-refractivity contribution is 7.98. The highest BCUT2D eigenvalue weighted by Gasteiger charge is 2.20. The zero-order valence-electron chi connectivity index (χ0n) is 15.1. The number of likely N-dealkylation sites (N-methyl/N-ethyl adjacent to an activating group) is 1. The number of para-hydroxylation sites is 2. The van der Waals surface area contributed by atoms with Gasteiger partial charge < -0.3 is 14.5 Å². The molecule has 0 fully saturated rings. The Kier molecular flexibility index (Phi) is 6.13. The molecule has 0 unspecified atom stereocenters. The molecule has 3 aromatic rings. The maximum atomic E-state index is 12.5. The number of hydrogen-bond acceptors (Lipinski definition) is 6. The number of thioether (sulfide) groups is 1. The van der Waals surface area contributed by atoms with E-state index in [1.807, 2.05) is 43.3 Å². The number of aromatic nitrogens is 1. The van der Waals surface area contributed by atoms with Crippen molar-refractivity contribution in [2.24, 2.45) is 0 Å². The van der Waals surface area contributed by atoms with Gasteiger partial charge in [-0.3, -0.25) is 4.79 Å². The van der Waals surface area contributed by atoms with Crippen molar-refractivity contribution in [3.63, 3.8) is 0 Å². The van der Waals surface area contributed by atoms with Gasteiger partial charge in [-0.05, 0) is 37.6 Å². The molecule has 0 aliphatic heterocycles. The Morgan fingerprint density at radius 2 is 1.93 bits per heavy atom. The second-order valence-electron chi connectivity index (χ2n) is 5.84. The van der Waals surface area contributed by atoms with E-state index in [0.29, 0.717) is 23.1 Å². The molecule has 3 rings (SSSR count). The van der Waals surface area contributed by atoms with Gasteiger partial charge in [0.25, 0.3) is 11.1 Å². The molecule has 0 spiro atoms. The molecule has 140 valence electrons. The van der Waals surface area contributed by atoms with E-state index in [-0.39, 0.29) is 5.91 Å². The molecule has 0 aliphatic rings. The fraction of sp³-hybridized carbons (Fsp3) is 0.250. The number of esters is 1. The van der Waals surface area contributed by atoms with Gasteiger partial charge in [0.15, 0.2) is 11.7 Å². The first kappa shape index (κ1) is 19.0. The molecule has 0 saturated carbocycles. The minimum atomic E-state index is -0.852. The van der Waals surface area contributed by atoms with E-state index in [2.05, 4.69) is 10.3 Å². The molecule has 1 heterocycles. The van der Waals surface area contributed by atoms with Crippen molar-refractivity contribution in [2.45, 2.75) is 30.9 Å². The van der Waals surface area contributed by atoms with E-state index in [0.717, 1.165) is 16.7 Å². The fourth-order valence-electron chi connectivity index (χ4n) is 2.49. The van der Waals surface area contributed by atoms with Crippen LogP contribution in [0.2, 0.25) is 0 Å². The zero-order chi connectivity index (χ0) is 19.2. The van der Waals surface area contributed by atoms with Gasteiger partial charge in [-0.2, -0.15) is 0 Å². The third-order valence-electron chi connectivity index (χ3n) is 3.87. The summed E-state index contributed by atoms with van der Waals surface area (Å²) in [5.74, 6) is -0.347. The largest absolute Gasteiger partial charge is 0.449 e. The van der Waals surface area contributed by atoms with Gasteiger partial charge in [0.2, 0.25) is 0 Å². The number of ether oxygens (including phenoxy) is 1. The van der Waals surface area contributed by atoms with E-state index in [9.17, 15) is 9.59 Å². The summed E-state index contributed by atoms with van der Waals surface area (Å²) in [6.07, 6.45) is -0.852. The molecular formula is C20H20N2O4S. The van der Waals surface area contributed by atoms with Gasteiger partial charge in [-0.25, -0.2) is 9.78 Å². The number of benzene rings is 2. The van der Waals surface area contributed by atoms with Crippen molar-refractivity contribution >= 4 is 34.7 Å². The van der Waals surface area contributed by atoms with Crippen LogP contribution in [0.25, 0.3) is 11.1 Å². The molecular weight excluding hydrogens is 364 g/mol. The molecule has 27 heavy (non-hydrogen) atoms. The lowest BCUT2D eigenvalue weighted by Crippen LogP contribution is -2.35. The van der Waals surface area contributed by atoms with Crippen LogP contribution in [0.5, 0.6) is 0 Å². The zero-order valence-corrected chi connectivity index (χ0v) is 15.9. The number of oxazole rings is 1. The van der Waals surface area contributed by atoms with E-state index in [1.165, 1.54) is 11.8 Å². The van der Waals surface area contributed by atoms with Crippen molar-refractivity contribution in [3.05, 3.63) is 59.7 Å². The minimum absolute atomic E-state index is 0.316. The van der Waals surface area contributed by atoms with E-state index in [4.69, 9.17) is 9.15 Å². The van der Waals surface area contributed by atoms with Crippen LogP contribution in [0.3, 0.4) is 0 Å². The summed E-state index contributed by atoms with van der Waals surface area (Å²) in [6.45, 7) is 3.85. The molecule has 1 atom stereocenters. The Labute approximate surface area is 161 Å². The molecule has 7 heteroatoms. The first-order valence-electron chi connectivity index (χ1n) is 8.63. The number of hydrogen-bond donors (Lipinski definition) is 1. The van der Waals surface area contributed by atoms with Crippen molar-refractivity contribution in [3.8, 4) is 0 Å². The monoisotopic (exact) mass is 384 g/mol. The Hall–Kier alpha value is -2.80. The van der Waals surface area contributed by atoms with Crippen molar-refractivity contribution < 1.29 is 18.7 Å². The van der Waals surface area contributed by atoms with Crippen LogP contribution in [-0.4, -0.2) is 29.5 Å². The van der Waals surface area contributed by atoms with Crippen LogP contribution in [0.1, 0.15) is 29.8 Å². The molecule has 0 saturated heterocycles. The first-order chi connectivity index (χ1) is 13.1. The van der Waals surface area contributed by atoms with Crippen LogP contribution >= 0.6 is 11.8 Å². The molecule has 1 N–H and O–H groups in total. The van der Waals surface area contributed by atoms with Gasteiger partial charge >= 0.3 is 5.97 Å². The SMILES string of the molecule is CCNC(=O)[C@@H](C)OC(=O)c1ccccc1CSc1nc2ccccc2o1. The predicted octanol–water partition coefficient (Wildman–Crippen LogP) is 3.80. The molecule has 0 radical (unpaired) electrons. The Morgan fingerprint density at radius 3 is 2.70 bits per heavy atom. The first-order valence-corrected chi connectivity index (χ1v) is 9.62. The smallest absolute Gasteiger partial charge is 0.339 e. The predicted molar refractivity (Wildman–Crippen MR) is 104 cm³/mol. The number of carbonyl (C=O) groups excluding carboxylic acids is 2. The molecule has 0 bridgehead atoms. The van der Waals surface area contributed by atoms with Gasteiger partial charge in [0.1, 0.15) is 5.52 Å². The number of amides is 1. The average molecular weight is 384 g/mol. The minimum Gasteiger partial charge on any atom is -0.449 e. The summed E-state index contributed by atoms with van der Waals surface area (Å²) in [7, 11) is 0. The lowest BCUT2D eigenvalue weighted by Gasteiger charge is -2.14. The van der Waals surface area contributed by atoms with Crippen LogP contribution in [0.4, 0.5) is 0 Å². The quantitative estimate of drug-likeness (QED) is 0.493. The third kappa shape index (κ3) is 4.68. The van der Waals surface area contributed by atoms with Gasteiger partial charge in [0.05, 0.1) is 5.56 Å². The Morgan fingerprint density at radius 1 is 1.19 bits per heavy atom. The topological polar surface area (TPSA) is 81.4 Å². The van der Waals surface area contributed by atoms with Crippen molar-refractivity contribution in [1.82, 2.24) is 10.3 Å². The molecule has 1 amide bonds. The highest BCUT2D eigenvalue weighted by Crippen LogP contribution is 2.27. The molecule has 6 nitrogen and oxygen atoms in total. The van der Waals surface area contributed by atoms with Gasteiger partial charge in [-0.1, -0.05) is 42.1 Å². The molecule has 2 aromatic carbocycles. The van der Waals surface area contributed by atoms with Gasteiger partial charge in [-0.15, -0.1) is 0 Å². The fourth-order valence-corrected chi connectivity index (χ4v) is 3.34. The van der Waals surface area contributed by atoms with Crippen LogP contribution in [0, 0.1) is 0 Å². The summed E-state index contributed by atoms with van der Waals surface area (Å²) in [5.41, 5.74) is 2.74. The summed E-state index contributed by atoms with van der Waals surface area (Å²) in [4.78, 5) is 28.7. The van der Waals surface area contributed by atoms with Crippen LogP contribution in [-0.2, 0) is 15.3 Å². The van der Waals surface area contributed by atoms with Crippen LogP contribution < -0.4 is 5.32 Å². The third-order valence-corrected chi connectivity index (χ3v) is 4.74. The Balaban J connectivity index is 1.69. The standard InChI is InChI=1S/C20H20N2O4S/c1-3-21-18(23)13(2)25-19(24)15-9-5-4-8-14(15)12-27-20-22-16-10-6-7-11-17(16)26-20/h4-11,13H,3,12H2,1-2H3,(H,21,23)/t13-/m1/s1. The summed E-state index contributed by atoms with van der Waals surface area (Å²) in [5, 5.41) is 3.17. The Bertz CT molecular complexity index is 921. The molecule has 1 aromatic heterocycles. The lowest BCUT2D eigenvalue weighted by molar-refractivity contribution is -0.128. The van der Waals surface area contributed by atoms with E-state index in [1.54, 1.807) is 19.1 Å². The number of carbonyl (C=O) groups is 2. The van der Waals surface area contributed by atoms with Crippen molar-refractivity contribution in [2.75, 3.05) is 6.54 Å². The number of nitrogens with one attached hydrogen (secondary N) is 1.